The normalized spacial score (nSPS) is 10.6. The van der Waals surface area contributed by atoms with Crippen LogP contribution in [0.5, 0.6) is 0 Å². The number of carbonyl (C=O) groups excluding carboxylic acids is 1. The number of hydrogen-bond donors (Lipinski definition) is 0. The van der Waals surface area contributed by atoms with E-state index in [0.29, 0.717) is 17.4 Å². The number of hydrogen-bond acceptors (Lipinski definition) is 4. The first-order valence-electron chi connectivity index (χ1n) is 5.70. The van der Waals surface area contributed by atoms with Crippen molar-refractivity contribution in [1.29, 1.82) is 0 Å². The fourth-order valence-corrected chi connectivity index (χ4v) is 1.55. The Bertz CT molecular complexity index is 635. The number of likely N-dealkylation sites (N-methyl/N-ethyl adjacent to an activating group) is 1. The summed E-state index contributed by atoms with van der Waals surface area (Å²) < 4.78 is 1.09. The predicted molar refractivity (Wildman–Crippen MR) is 67.1 cm³/mol. The van der Waals surface area contributed by atoms with Crippen molar-refractivity contribution < 1.29 is 4.79 Å². The molecule has 1 heterocycles. The monoisotopic (exact) mass is 246 g/mol. The molecule has 6 nitrogen and oxygen atoms in total. The Morgan fingerprint density at radius 2 is 2.11 bits per heavy atom. The van der Waals surface area contributed by atoms with E-state index >= 15 is 0 Å². The van der Waals surface area contributed by atoms with Crippen molar-refractivity contribution in [2.45, 2.75) is 13.5 Å². The van der Waals surface area contributed by atoms with Crippen LogP contribution in [0.15, 0.2) is 29.1 Å². The molecular formula is C12H14N4O2. The molecule has 0 unspecified atom stereocenters. The largest absolute Gasteiger partial charge is 0.344 e. The Hall–Kier alpha value is -2.24. The standard InChI is InChI=1S/C12H14N4O2/c1-3-15(2)11(17)8-16-12(18)9-6-4-5-7-10(9)13-14-16/h4-7H,3,8H2,1-2H3. The number of benzene rings is 1. The van der Waals surface area contributed by atoms with Gasteiger partial charge in [0.1, 0.15) is 12.1 Å². The summed E-state index contributed by atoms with van der Waals surface area (Å²) in [5, 5.41) is 8.16. The van der Waals surface area contributed by atoms with Gasteiger partial charge < -0.3 is 4.90 Å². The van der Waals surface area contributed by atoms with E-state index in [4.69, 9.17) is 0 Å². The summed E-state index contributed by atoms with van der Waals surface area (Å²) in [6.45, 7) is 2.38. The SMILES string of the molecule is CCN(C)C(=O)Cn1nnc2ccccc2c1=O. The Morgan fingerprint density at radius 3 is 2.83 bits per heavy atom. The molecule has 0 aliphatic rings. The predicted octanol–water partition coefficient (Wildman–Crippen LogP) is 0.270. The molecule has 0 fully saturated rings. The van der Waals surface area contributed by atoms with Crippen molar-refractivity contribution in [3.63, 3.8) is 0 Å². The lowest BCUT2D eigenvalue weighted by atomic mass is 10.2. The highest BCUT2D eigenvalue weighted by atomic mass is 16.2. The number of amides is 1. The van der Waals surface area contributed by atoms with Gasteiger partial charge in [-0.25, -0.2) is 4.68 Å². The summed E-state index contributed by atoms with van der Waals surface area (Å²) in [5.74, 6) is -0.163. The maximum absolute atomic E-state index is 12.1. The van der Waals surface area contributed by atoms with Crippen LogP contribution >= 0.6 is 0 Å². The summed E-state index contributed by atoms with van der Waals surface area (Å²) in [5.41, 5.74) is 0.244. The summed E-state index contributed by atoms with van der Waals surface area (Å²) in [6, 6.07) is 6.94. The second-order valence-corrected chi connectivity index (χ2v) is 3.98. The van der Waals surface area contributed by atoms with Crippen LogP contribution in [0.25, 0.3) is 10.9 Å². The Kier molecular flexibility index (Phi) is 3.36. The topological polar surface area (TPSA) is 68.1 Å². The minimum atomic E-state index is -0.293. The van der Waals surface area contributed by atoms with E-state index in [9.17, 15) is 9.59 Å². The van der Waals surface area contributed by atoms with E-state index in [0.717, 1.165) is 4.68 Å². The number of carbonyl (C=O) groups is 1. The lowest BCUT2D eigenvalue weighted by Crippen LogP contribution is -2.35. The minimum Gasteiger partial charge on any atom is -0.344 e. The fourth-order valence-electron chi connectivity index (χ4n) is 1.55. The maximum atomic E-state index is 12.1. The zero-order chi connectivity index (χ0) is 13.1. The number of aromatic nitrogens is 3. The molecule has 0 aliphatic carbocycles. The average Bonchev–Trinajstić information content (AvgIpc) is 2.41. The maximum Gasteiger partial charge on any atom is 0.278 e. The van der Waals surface area contributed by atoms with Crippen LogP contribution in [-0.4, -0.2) is 39.4 Å². The molecule has 1 aromatic heterocycles. The zero-order valence-electron chi connectivity index (χ0n) is 10.3. The first-order valence-corrected chi connectivity index (χ1v) is 5.70. The molecule has 0 bridgehead atoms. The van der Waals surface area contributed by atoms with Gasteiger partial charge in [0.15, 0.2) is 0 Å². The van der Waals surface area contributed by atoms with Crippen molar-refractivity contribution >= 4 is 16.8 Å². The van der Waals surface area contributed by atoms with Crippen molar-refractivity contribution in [2.75, 3.05) is 13.6 Å². The molecule has 1 amide bonds. The molecule has 0 spiro atoms. The van der Waals surface area contributed by atoms with E-state index in [1.807, 2.05) is 6.92 Å². The van der Waals surface area contributed by atoms with Gasteiger partial charge >= 0.3 is 0 Å². The smallest absolute Gasteiger partial charge is 0.278 e. The number of fused-ring (bicyclic) bond motifs is 1. The Morgan fingerprint density at radius 1 is 1.39 bits per heavy atom. The van der Waals surface area contributed by atoms with Crippen LogP contribution < -0.4 is 5.56 Å². The van der Waals surface area contributed by atoms with Crippen LogP contribution in [0.3, 0.4) is 0 Å². The average molecular weight is 246 g/mol. The van der Waals surface area contributed by atoms with Crippen LogP contribution in [-0.2, 0) is 11.3 Å². The first-order chi connectivity index (χ1) is 8.63. The second kappa shape index (κ2) is 4.95. The Labute approximate surface area is 104 Å². The quantitative estimate of drug-likeness (QED) is 0.779. The van der Waals surface area contributed by atoms with Gasteiger partial charge in [-0.2, -0.15) is 0 Å². The highest BCUT2D eigenvalue weighted by Crippen LogP contribution is 2.03. The highest BCUT2D eigenvalue weighted by molar-refractivity contribution is 5.78. The first kappa shape index (κ1) is 12.2. The van der Waals surface area contributed by atoms with Crippen LogP contribution in [0.1, 0.15) is 6.92 Å². The van der Waals surface area contributed by atoms with Gasteiger partial charge in [0, 0.05) is 13.6 Å². The second-order valence-electron chi connectivity index (χ2n) is 3.98. The molecule has 0 radical (unpaired) electrons. The van der Waals surface area contributed by atoms with Crippen LogP contribution in [0.2, 0.25) is 0 Å². The van der Waals surface area contributed by atoms with Gasteiger partial charge in [-0.3, -0.25) is 9.59 Å². The fraction of sp³-hybridized carbons (Fsp3) is 0.333. The molecule has 94 valence electrons. The lowest BCUT2D eigenvalue weighted by molar-refractivity contribution is -0.130. The van der Waals surface area contributed by atoms with Crippen molar-refractivity contribution in [3.05, 3.63) is 34.6 Å². The summed E-state index contributed by atoms with van der Waals surface area (Å²) in [6.07, 6.45) is 0. The van der Waals surface area contributed by atoms with Crippen LogP contribution in [0, 0.1) is 0 Å². The molecule has 18 heavy (non-hydrogen) atoms. The zero-order valence-corrected chi connectivity index (χ0v) is 10.3. The van der Waals surface area contributed by atoms with Gasteiger partial charge in [0.25, 0.3) is 5.56 Å². The van der Waals surface area contributed by atoms with Gasteiger partial charge in [0.05, 0.1) is 5.39 Å². The van der Waals surface area contributed by atoms with E-state index in [2.05, 4.69) is 10.3 Å². The molecule has 0 atom stereocenters. The van der Waals surface area contributed by atoms with Crippen molar-refractivity contribution in [3.8, 4) is 0 Å². The molecule has 0 saturated carbocycles. The molecule has 0 N–H and O–H groups in total. The molecular weight excluding hydrogens is 232 g/mol. The van der Waals surface area contributed by atoms with Crippen molar-refractivity contribution in [1.82, 2.24) is 19.9 Å². The molecule has 6 heteroatoms. The summed E-state index contributed by atoms with van der Waals surface area (Å²) >= 11 is 0. The number of nitrogens with zero attached hydrogens (tertiary/aromatic N) is 4. The summed E-state index contributed by atoms with van der Waals surface area (Å²) in [4.78, 5) is 25.3. The Balaban J connectivity index is 2.38. The van der Waals surface area contributed by atoms with Gasteiger partial charge in [-0.15, -0.1) is 5.10 Å². The van der Waals surface area contributed by atoms with E-state index in [-0.39, 0.29) is 18.0 Å². The van der Waals surface area contributed by atoms with E-state index < -0.39 is 0 Å². The van der Waals surface area contributed by atoms with Crippen molar-refractivity contribution in [2.24, 2.45) is 0 Å². The third kappa shape index (κ3) is 2.22. The number of rotatable bonds is 3. The summed E-state index contributed by atoms with van der Waals surface area (Å²) in [7, 11) is 1.68. The molecule has 1 aromatic carbocycles. The molecule has 0 saturated heterocycles. The van der Waals surface area contributed by atoms with Gasteiger partial charge in [-0.05, 0) is 19.1 Å². The third-order valence-corrected chi connectivity index (χ3v) is 2.81. The molecule has 0 aliphatic heterocycles. The molecule has 2 rings (SSSR count). The third-order valence-electron chi connectivity index (χ3n) is 2.81. The molecule has 2 aromatic rings. The van der Waals surface area contributed by atoms with E-state index in [1.165, 1.54) is 4.90 Å². The minimum absolute atomic E-state index is 0.0823. The highest BCUT2D eigenvalue weighted by Gasteiger charge is 2.11. The van der Waals surface area contributed by atoms with E-state index in [1.54, 1.807) is 31.3 Å². The van der Waals surface area contributed by atoms with Gasteiger partial charge in [-0.1, -0.05) is 17.3 Å². The van der Waals surface area contributed by atoms with Gasteiger partial charge in [0.2, 0.25) is 5.91 Å². The lowest BCUT2D eigenvalue weighted by Gasteiger charge is -2.14. The van der Waals surface area contributed by atoms with Crippen LogP contribution in [0.4, 0.5) is 0 Å².